The van der Waals surface area contributed by atoms with Crippen molar-refractivity contribution < 1.29 is 83.9 Å². The average molecular weight is 671 g/mol. The topological polar surface area (TPSA) is 267 Å². The maximum Gasteiger partial charge on any atom is 0.331 e. The molecule has 16 unspecified atom stereocenters. The van der Waals surface area contributed by atoms with Gasteiger partial charge in [0.1, 0.15) is 48.3 Å². The SMILES string of the molecule is CC1OC(OC2C3C=COC(OC4OC(CO)C(O)C(O)C4O)C3C3(CO)OC23)C(O)C(OC(=O)C=Cc2ccc(O)c(O)c2)C1O. The van der Waals surface area contributed by atoms with Crippen LogP contribution >= 0.6 is 0 Å². The maximum absolute atomic E-state index is 12.6. The lowest BCUT2D eigenvalue weighted by Crippen LogP contribution is -2.60. The fraction of sp³-hybridized carbons (Fsp3) is 0.633. The van der Waals surface area contributed by atoms with Gasteiger partial charge in [-0.15, -0.1) is 0 Å². The van der Waals surface area contributed by atoms with Gasteiger partial charge in [-0.25, -0.2) is 4.79 Å². The number of aromatic hydroxyl groups is 2. The van der Waals surface area contributed by atoms with Crippen LogP contribution in [0.5, 0.6) is 11.5 Å². The van der Waals surface area contributed by atoms with Gasteiger partial charge in [0.15, 0.2) is 30.2 Å². The van der Waals surface area contributed by atoms with Crippen LogP contribution < -0.4 is 0 Å². The molecular formula is C30H38O17. The number of epoxide rings is 1. The van der Waals surface area contributed by atoms with Gasteiger partial charge >= 0.3 is 5.97 Å². The van der Waals surface area contributed by atoms with Crippen LogP contribution in [-0.2, 0) is 38.0 Å². The molecule has 4 heterocycles. The fourth-order valence-electron chi connectivity index (χ4n) is 6.70. The standard InChI is InChI=1S/C30H38O17/c1-11-19(36)25(44-17(35)5-3-12-2-4-14(33)15(34)8-12)23(40)29(42-11)45-24-13-6-7-41-27(18(13)30(10-32)26(24)47-30)46-28-22(39)21(38)20(37)16(9-31)43-28/h2-8,11,13,16,18-29,31-34,36-40H,9-10H2,1H3. The molecule has 3 saturated heterocycles. The van der Waals surface area contributed by atoms with Gasteiger partial charge in [-0.2, -0.15) is 0 Å². The second-order valence-electron chi connectivity index (χ2n) is 12.2. The van der Waals surface area contributed by atoms with Crippen LogP contribution in [0, 0.1) is 11.8 Å². The molecule has 47 heavy (non-hydrogen) atoms. The molecule has 17 nitrogen and oxygen atoms in total. The highest BCUT2D eigenvalue weighted by Gasteiger charge is 2.77. The molecule has 9 N–H and O–H groups in total. The van der Waals surface area contributed by atoms with E-state index in [1.54, 1.807) is 6.08 Å². The van der Waals surface area contributed by atoms with Crippen LogP contribution in [0.4, 0.5) is 0 Å². The zero-order chi connectivity index (χ0) is 33.8. The number of carbonyl (C=O) groups is 1. The van der Waals surface area contributed by atoms with E-state index < -0.39 is 122 Å². The predicted molar refractivity (Wildman–Crippen MR) is 150 cm³/mol. The van der Waals surface area contributed by atoms with Crippen LogP contribution in [0.2, 0.25) is 0 Å². The summed E-state index contributed by atoms with van der Waals surface area (Å²) < 4.78 is 40.2. The summed E-state index contributed by atoms with van der Waals surface area (Å²) in [6, 6.07) is 3.89. The van der Waals surface area contributed by atoms with Gasteiger partial charge in [0.2, 0.25) is 6.29 Å². The van der Waals surface area contributed by atoms with Gasteiger partial charge in [-0.05, 0) is 36.8 Å². The third-order valence-electron chi connectivity index (χ3n) is 9.33. The molecule has 260 valence electrons. The Balaban J connectivity index is 1.15. The highest BCUT2D eigenvalue weighted by Crippen LogP contribution is 2.61. The molecule has 17 heteroatoms. The van der Waals surface area contributed by atoms with Crippen molar-refractivity contribution in [1.29, 1.82) is 0 Å². The molecule has 4 aliphatic heterocycles. The molecule has 5 aliphatic rings. The van der Waals surface area contributed by atoms with E-state index in [9.17, 15) is 50.8 Å². The number of hydrogen-bond donors (Lipinski definition) is 9. The van der Waals surface area contributed by atoms with E-state index in [1.165, 1.54) is 37.5 Å². The normalized spacial score (nSPS) is 45.7. The van der Waals surface area contributed by atoms with Gasteiger partial charge in [0.25, 0.3) is 0 Å². The average Bonchev–Trinajstić information content (AvgIpc) is 3.73. The van der Waals surface area contributed by atoms with Crippen molar-refractivity contribution in [3.05, 3.63) is 42.2 Å². The van der Waals surface area contributed by atoms with E-state index >= 15 is 0 Å². The van der Waals surface area contributed by atoms with Crippen molar-refractivity contribution in [1.82, 2.24) is 0 Å². The third-order valence-corrected chi connectivity index (χ3v) is 9.33. The lowest BCUT2D eigenvalue weighted by Gasteiger charge is -2.44. The van der Waals surface area contributed by atoms with Crippen molar-refractivity contribution in [2.24, 2.45) is 11.8 Å². The number of benzene rings is 1. The highest BCUT2D eigenvalue weighted by molar-refractivity contribution is 5.87. The first-order valence-corrected chi connectivity index (χ1v) is 15.0. The predicted octanol–water partition coefficient (Wildman–Crippen LogP) is -3.06. The van der Waals surface area contributed by atoms with Gasteiger partial charge in [0, 0.05) is 12.0 Å². The first-order valence-electron chi connectivity index (χ1n) is 15.0. The third kappa shape index (κ3) is 6.11. The number of aliphatic hydroxyl groups excluding tert-OH is 7. The Bertz CT molecular complexity index is 1350. The Kier molecular flexibility index (Phi) is 9.53. The van der Waals surface area contributed by atoms with E-state index in [0.717, 1.165) is 6.08 Å². The van der Waals surface area contributed by atoms with Gasteiger partial charge in [-0.3, -0.25) is 0 Å². The molecule has 0 aromatic heterocycles. The van der Waals surface area contributed by atoms with Gasteiger partial charge in [-0.1, -0.05) is 6.07 Å². The summed E-state index contributed by atoms with van der Waals surface area (Å²) in [7, 11) is 0. The zero-order valence-electron chi connectivity index (χ0n) is 24.9. The Hall–Kier alpha value is -2.91. The molecule has 0 spiro atoms. The smallest absolute Gasteiger partial charge is 0.331 e. The molecule has 16 atom stereocenters. The highest BCUT2D eigenvalue weighted by atomic mass is 16.8. The van der Waals surface area contributed by atoms with Crippen LogP contribution in [-0.4, -0.2) is 151 Å². The summed E-state index contributed by atoms with van der Waals surface area (Å²) in [5, 5.41) is 91.7. The first kappa shape index (κ1) is 34.0. The molecule has 1 aliphatic carbocycles. The largest absolute Gasteiger partial charge is 0.504 e. The summed E-state index contributed by atoms with van der Waals surface area (Å²) in [4.78, 5) is 12.6. The number of fused-ring (bicyclic) bond motifs is 3. The van der Waals surface area contributed by atoms with E-state index in [0.29, 0.717) is 5.56 Å². The minimum Gasteiger partial charge on any atom is -0.504 e. The van der Waals surface area contributed by atoms with Crippen molar-refractivity contribution in [2.75, 3.05) is 13.2 Å². The number of phenolic OH excluding ortho intramolecular Hbond substituents is 2. The lowest BCUT2D eigenvalue weighted by molar-refractivity contribution is -0.347. The number of rotatable bonds is 9. The van der Waals surface area contributed by atoms with Crippen molar-refractivity contribution in [3.63, 3.8) is 0 Å². The van der Waals surface area contributed by atoms with Crippen LogP contribution in [0.25, 0.3) is 6.08 Å². The molecule has 0 radical (unpaired) electrons. The number of carbonyl (C=O) groups excluding carboxylic acids is 1. The second-order valence-corrected chi connectivity index (χ2v) is 12.2. The molecular weight excluding hydrogens is 632 g/mol. The molecule has 6 rings (SSSR count). The number of aliphatic hydroxyl groups is 7. The lowest BCUT2D eigenvalue weighted by atomic mass is 9.85. The number of phenols is 2. The second kappa shape index (κ2) is 13.2. The van der Waals surface area contributed by atoms with Gasteiger partial charge in [0.05, 0.1) is 37.6 Å². The van der Waals surface area contributed by atoms with Crippen molar-refractivity contribution >= 4 is 12.0 Å². The van der Waals surface area contributed by atoms with Gasteiger partial charge < -0.3 is 79.1 Å². The summed E-state index contributed by atoms with van der Waals surface area (Å²) in [6.07, 6.45) is -12.4. The van der Waals surface area contributed by atoms with Crippen molar-refractivity contribution in [3.8, 4) is 11.5 Å². The summed E-state index contributed by atoms with van der Waals surface area (Å²) in [6.45, 7) is 0.319. The summed E-state index contributed by atoms with van der Waals surface area (Å²) >= 11 is 0. The Morgan fingerprint density at radius 1 is 0.894 bits per heavy atom. The Morgan fingerprint density at radius 3 is 2.34 bits per heavy atom. The van der Waals surface area contributed by atoms with Crippen molar-refractivity contribution in [2.45, 2.75) is 92.4 Å². The van der Waals surface area contributed by atoms with E-state index in [1.807, 2.05) is 0 Å². The molecule has 1 aromatic rings. The number of hydrogen-bond acceptors (Lipinski definition) is 17. The van der Waals surface area contributed by atoms with Crippen LogP contribution in [0.1, 0.15) is 12.5 Å². The molecule has 1 aromatic carbocycles. The van der Waals surface area contributed by atoms with E-state index in [-0.39, 0.29) is 5.75 Å². The first-order chi connectivity index (χ1) is 22.4. The Morgan fingerprint density at radius 2 is 1.64 bits per heavy atom. The monoisotopic (exact) mass is 670 g/mol. The minimum atomic E-state index is -1.71. The maximum atomic E-state index is 12.6. The number of ether oxygens (including phenoxy) is 7. The van der Waals surface area contributed by atoms with E-state index in [4.69, 9.17) is 33.2 Å². The summed E-state index contributed by atoms with van der Waals surface area (Å²) in [5.74, 6) is -3.03. The molecule has 0 bridgehead atoms. The number of esters is 1. The van der Waals surface area contributed by atoms with Crippen LogP contribution in [0.3, 0.4) is 0 Å². The zero-order valence-corrected chi connectivity index (χ0v) is 24.9. The molecule has 1 saturated carbocycles. The fourth-order valence-corrected chi connectivity index (χ4v) is 6.70. The van der Waals surface area contributed by atoms with Crippen LogP contribution in [0.15, 0.2) is 36.6 Å². The Labute approximate surface area is 267 Å². The summed E-state index contributed by atoms with van der Waals surface area (Å²) in [5.41, 5.74) is -0.881. The molecule has 0 amide bonds. The minimum absolute atomic E-state index is 0.340. The van der Waals surface area contributed by atoms with E-state index in [2.05, 4.69) is 0 Å². The quantitative estimate of drug-likeness (QED) is 0.0546. The molecule has 4 fully saturated rings.